The summed E-state index contributed by atoms with van der Waals surface area (Å²) in [4.78, 5) is 2.44. The lowest BCUT2D eigenvalue weighted by Gasteiger charge is -2.30. The Balaban J connectivity index is 1.04. The molecule has 2 aliphatic rings. The predicted molar refractivity (Wildman–Crippen MR) is 236 cm³/mol. The molecule has 0 bridgehead atoms. The van der Waals surface area contributed by atoms with Gasteiger partial charge in [-0.15, -0.1) is 0 Å². The van der Waals surface area contributed by atoms with Crippen LogP contribution in [-0.2, 0) is 10.8 Å². The molecule has 0 amide bonds. The summed E-state index contributed by atoms with van der Waals surface area (Å²) in [6, 6.07) is 59.5. The highest BCUT2D eigenvalue weighted by Crippen LogP contribution is 2.56. The molecule has 0 radical (unpaired) electrons. The Morgan fingerprint density at radius 3 is 1.75 bits per heavy atom. The van der Waals surface area contributed by atoms with Gasteiger partial charge in [0.25, 0.3) is 0 Å². The van der Waals surface area contributed by atoms with Crippen LogP contribution in [0.15, 0.2) is 173 Å². The molecule has 0 unspecified atom stereocenters. The van der Waals surface area contributed by atoms with Crippen LogP contribution in [0.4, 0.5) is 17.1 Å². The number of anilines is 3. The molecule has 2 aliphatic carbocycles. The molecule has 0 saturated carbocycles. The topological polar surface area (TPSA) is 29.5 Å². The molecule has 2 aromatic heterocycles. The van der Waals surface area contributed by atoms with Crippen molar-refractivity contribution < 1.29 is 8.83 Å². The number of fused-ring (bicyclic) bond motifs is 14. The highest BCUT2D eigenvalue weighted by Gasteiger charge is 2.40. The minimum atomic E-state index is -0.255. The Kier molecular flexibility index (Phi) is 6.46. The fourth-order valence-corrected chi connectivity index (χ4v) is 10.3. The third kappa shape index (κ3) is 4.43. The van der Waals surface area contributed by atoms with Gasteiger partial charge in [0.05, 0.1) is 0 Å². The van der Waals surface area contributed by atoms with Gasteiger partial charge in [-0.3, -0.25) is 0 Å². The molecule has 0 spiro atoms. The Labute approximate surface area is 331 Å². The molecule has 3 heteroatoms. The fraction of sp³-hybridized carbons (Fsp3) is 0.111. The van der Waals surface area contributed by atoms with Crippen LogP contribution in [0.1, 0.15) is 49.9 Å². The van der Waals surface area contributed by atoms with Crippen LogP contribution in [0, 0.1) is 0 Å². The second-order valence-electron chi connectivity index (χ2n) is 16.9. The Morgan fingerprint density at radius 1 is 0.404 bits per heavy atom. The van der Waals surface area contributed by atoms with Crippen LogP contribution >= 0.6 is 0 Å². The zero-order valence-corrected chi connectivity index (χ0v) is 32.4. The lowest BCUT2D eigenvalue weighted by Crippen LogP contribution is -2.18. The van der Waals surface area contributed by atoms with E-state index in [0.717, 1.165) is 44.8 Å². The fourth-order valence-electron chi connectivity index (χ4n) is 10.3. The molecule has 0 N–H and O–H groups in total. The highest BCUT2D eigenvalue weighted by atomic mass is 16.3. The van der Waals surface area contributed by atoms with Crippen molar-refractivity contribution in [2.75, 3.05) is 4.90 Å². The van der Waals surface area contributed by atoms with Gasteiger partial charge in [0.15, 0.2) is 0 Å². The molecule has 57 heavy (non-hydrogen) atoms. The monoisotopic (exact) mass is 733 g/mol. The molecule has 0 aliphatic heterocycles. The minimum absolute atomic E-state index is 0.225. The summed E-state index contributed by atoms with van der Waals surface area (Å²) in [5.74, 6) is 0. The summed E-state index contributed by atoms with van der Waals surface area (Å²) in [5.41, 5.74) is 19.3. The van der Waals surface area contributed by atoms with Gasteiger partial charge in [-0.05, 0) is 105 Å². The molecule has 0 saturated heterocycles. The molecule has 2 heterocycles. The summed E-state index contributed by atoms with van der Waals surface area (Å²) >= 11 is 0. The number of para-hydroxylation sites is 2. The van der Waals surface area contributed by atoms with E-state index in [9.17, 15) is 0 Å². The van der Waals surface area contributed by atoms with Crippen LogP contribution in [-0.4, -0.2) is 0 Å². The van der Waals surface area contributed by atoms with Crippen molar-refractivity contribution >= 4 is 60.9 Å². The van der Waals surface area contributed by atoms with Crippen molar-refractivity contribution in [1.82, 2.24) is 0 Å². The molecule has 272 valence electrons. The zero-order valence-electron chi connectivity index (χ0n) is 32.4. The van der Waals surface area contributed by atoms with Crippen LogP contribution in [0.2, 0.25) is 0 Å². The highest BCUT2D eigenvalue weighted by molar-refractivity contribution is 6.13. The molecule has 8 aromatic carbocycles. The third-order valence-electron chi connectivity index (χ3n) is 13.1. The molecular weight excluding hydrogens is 695 g/mol. The van der Waals surface area contributed by atoms with E-state index in [1.807, 2.05) is 0 Å². The maximum absolute atomic E-state index is 6.63. The van der Waals surface area contributed by atoms with E-state index < -0.39 is 0 Å². The Hall–Kier alpha value is -6.84. The van der Waals surface area contributed by atoms with E-state index in [1.54, 1.807) is 0 Å². The van der Waals surface area contributed by atoms with Crippen molar-refractivity contribution in [1.29, 1.82) is 0 Å². The van der Waals surface area contributed by atoms with E-state index in [-0.39, 0.29) is 10.8 Å². The first kappa shape index (κ1) is 32.4. The summed E-state index contributed by atoms with van der Waals surface area (Å²) in [6.45, 7) is 9.44. The van der Waals surface area contributed by atoms with E-state index in [2.05, 4.69) is 196 Å². The van der Waals surface area contributed by atoms with Gasteiger partial charge in [-0.2, -0.15) is 0 Å². The molecule has 12 rings (SSSR count). The number of hydrogen-bond donors (Lipinski definition) is 0. The summed E-state index contributed by atoms with van der Waals surface area (Å²) in [7, 11) is 0. The van der Waals surface area contributed by atoms with Crippen molar-refractivity contribution in [2.24, 2.45) is 0 Å². The molecule has 0 fully saturated rings. The maximum Gasteiger partial charge on any atom is 0.143 e. The van der Waals surface area contributed by atoms with Gasteiger partial charge in [0, 0.05) is 55.0 Å². The SMILES string of the molecule is CC1(C)c2cc(N(c3ccc(-c4ccccc4)cc3)c3ccc4c(c3)C(C)(C)c3c-4ccc4oc5ccccc5c34)ccc2-c2c1ccc1c2oc2ccccc21. The number of hydrogen-bond acceptors (Lipinski definition) is 3. The first-order valence-electron chi connectivity index (χ1n) is 19.9. The van der Waals surface area contributed by atoms with Crippen LogP contribution in [0.25, 0.3) is 77.3 Å². The van der Waals surface area contributed by atoms with Gasteiger partial charge >= 0.3 is 0 Å². The second-order valence-corrected chi connectivity index (χ2v) is 16.9. The van der Waals surface area contributed by atoms with Crippen LogP contribution in [0.5, 0.6) is 0 Å². The summed E-state index contributed by atoms with van der Waals surface area (Å²) < 4.78 is 13.0. The maximum atomic E-state index is 6.63. The van der Waals surface area contributed by atoms with E-state index in [1.165, 1.54) is 71.8 Å². The zero-order chi connectivity index (χ0) is 38.2. The van der Waals surface area contributed by atoms with Crippen molar-refractivity contribution in [3.8, 4) is 33.4 Å². The van der Waals surface area contributed by atoms with Crippen LogP contribution in [0.3, 0.4) is 0 Å². The van der Waals surface area contributed by atoms with Crippen molar-refractivity contribution in [2.45, 2.75) is 38.5 Å². The standard InChI is InChI=1S/C54H39NO2/c1-53(2)43-28-26-40-38-14-8-10-16-46(38)57-52(40)49(43)41-25-23-36(31-45(41)53)55(34-20-18-33(19-21-34)32-12-6-5-7-13-32)35-22-24-37-39-27-29-48-50(42-15-9-11-17-47(42)56-48)51(39)54(3,4)44(37)30-35/h5-31H,1-4H3. The predicted octanol–water partition coefficient (Wildman–Crippen LogP) is 15.2. The minimum Gasteiger partial charge on any atom is -0.456 e. The van der Waals surface area contributed by atoms with E-state index in [0.29, 0.717) is 0 Å². The Bertz CT molecular complexity index is 3290. The normalized spacial score (nSPS) is 14.6. The van der Waals surface area contributed by atoms with Gasteiger partial charge in [0.1, 0.15) is 22.3 Å². The van der Waals surface area contributed by atoms with Crippen LogP contribution < -0.4 is 4.90 Å². The van der Waals surface area contributed by atoms with Gasteiger partial charge < -0.3 is 13.7 Å². The first-order valence-corrected chi connectivity index (χ1v) is 19.9. The third-order valence-corrected chi connectivity index (χ3v) is 13.1. The lowest BCUT2D eigenvalue weighted by atomic mass is 9.80. The van der Waals surface area contributed by atoms with Gasteiger partial charge in [-0.25, -0.2) is 0 Å². The molecular formula is C54H39NO2. The molecule has 0 atom stereocenters. The number of benzene rings is 8. The largest absolute Gasteiger partial charge is 0.456 e. The quantitative estimate of drug-likeness (QED) is 0.180. The Morgan fingerprint density at radius 2 is 1.00 bits per heavy atom. The smallest absolute Gasteiger partial charge is 0.143 e. The average Bonchev–Trinajstić information content (AvgIpc) is 3.94. The summed E-state index contributed by atoms with van der Waals surface area (Å²) in [5, 5.41) is 4.72. The van der Waals surface area contributed by atoms with Gasteiger partial charge in [0.2, 0.25) is 0 Å². The number of nitrogens with zero attached hydrogens (tertiary/aromatic N) is 1. The summed E-state index contributed by atoms with van der Waals surface area (Å²) in [6.07, 6.45) is 0. The average molecular weight is 734 g/mol. The molecule has 3 nitrogen and oxygen atoms in total. The lowest BCUT2D eigenvalue weighted by molar-refractivity contribution is 0.653. The van der Waals surface area contributed by atoms with Crippen molar-refractivity contribution in [3.05, 3.63) is 186 Å². The van der Waals surface area contributed by atoms with Gasteiger partial charge in [-0.1, -0.05) is 137 Å². The van der Waals surface area contributed by atoms with E-state index in [4.69, 9.17) is 8.83 Å². The number of furan rings is 2. The number of rotatable bonds is 4. The second kappa shape index (κ2) is 11.4. The first-order chi connectivity index (χ1) is 27.8. The molecule has 10 aromatic rings. The van der Waals surface area contributed by atoms with E-state index >= 15 is 0 Å². The van der Waals surface area contributed by atoms with Crippen molar-refractivity contribution in [3.63, 3.8) is 0 Å².